The number of hydrogen-bond donors (Lipinski definition) is 2. The summed E-state index contributed by atoms with van der Waals surface area (Å²) in [4.78, 5) is 2.09. The number of rotatable bonds is 5. The number of methoxy groups -OCH3 is 1. The molecule has 0 aliphatic carbocycles. The molecule has 0 aliphatic rings. The normalized spacial score (nSPS) is 11.8. The third kappa shape index (κ3) is 5.04. The van der Waals surface area contributed by atoms with E-state index in [2.05, 4.69) is 34.6 Å². The molecule has 0 radical (unpaired) electrons. The molecule has 5 heteroatoms. The lowest BCUT2D eigenvalue weighted by Crippen LogP contribution is -2.38. The van der Waals surface area contributed by atoms with Crippen LogP contribution in [0.3, 0.4) is 0 Å². The lowest BCUT2D eigenvalue weighted by Gasteiger charge is -2.19. The fourth-order valence-electron chi connectivity index (χ4n) is 1.85. The zero-order chi connectivity index (χ0) is 14.4. The summed E-state index contributed by atoms with van der Waals surface area (Å²) in [6.45, 7) is 4.74. The number of benzene rings is 1. The van der Waals surface area contributed by atoms with E-state index in [9.17, 15) is 0 Å². The molecular formula is C14H23N3OS. The first-order valence-electron chi connectivity index (χ1n) is 6.28. The van der Waals surface area contributed by atoms with Crippen molar-refractivity contribution in [2.24, 2.45) is 0 Å². The van der Waals surface area contributed by atoms with Gasteiger partial charge in [0.1, 0.15) is 0 Å². The SMILES string of the molecule is COCC(C)NC(=S)Nc1ccc(C)c(N(C)C)c1. The maximum Gasteiger partial charge on any atom is 0.171 e. The Morgan fingerprint density at radius 2 is 2.11 bits per heavy atom. The molecule has 0 amide bonds. The molecule has 2 N–H and O–H groups in total. The predicted octanol–water partition coefficient (Wildman–Crippen LogP) is 2.38. The smallest absolute Gasteiger partial charge is 0.171 e. The zero-order valence-electron chi connectivity index (χ0n) is 12.3. The molecular weight excluding hydrogens is 258 g/mol. The van der Waals surface area contributed by atoms with Crippen LogP contribution in [0.25, 0.3) is 0 Å². The molecule has 1 aromatic carbocycles. The Kier molecular flexibility index (Phi) is 6.05. The molecule has 1 atom stereocenters. The minimum Gasteiger partial charge on any atom is -0.383 e. The Bertz CT molecular complexity index is 435. The van der Waals surface area contributed by atoms with Crippen molar-refractivity contribution in [1.82, 2.24) is 5.32 Å². The Morgan fingerprint density at radius 3 is 2.68 bits per heavy atom. The number of anilines is 2. The van der Waals surface area contributed by atoms with Gasteiger partial charge in [0, 0.05) is 38.6 Å². The van der Waals surface area contributed by atoms with Gasteiger partial charge in [0.25, 0.3) is 0 Å². The van der Waals surface area contributed by atoms with Gasteiger partial charge >= 0.3 is 0 Å². The van der Waals surface area contributed by atoms with Crippen molar-refractivity contribution in [3.05, 3.63) is 23.8 Å². The van der Waals surface area contributed by atoms with Crippen molar-refractivity contribution >= 4 is 28.7 Å². The van der Waals surface area contributed by atoms with Crippen LogP contribution in [0.2, 0.25) is 0 Å². The van der Waals surface area contributed by atoms with Crippen LogP contribution >= 0.6 is 12.2 Å². The van der Waals surface area contributed by atoms with Crippen LogP contribution < -0.4 is 15.5 Å². The van der Waals surface area contributed by atoms with Crippen molar-refractivity contribution < 1.29 is 4.74 Å². The Labute approximate surface area is 121 Å². The van der Waals surface area contributed by atoms with Gasteiger partial charge in [-0.3, -0.25) is 0 Å². The van der Waals surface area contributed by atoms with E-state index in [1.807, 2.05) is 27.1 Å². The summed E-state index contributed by atoms with van der Waals surface area (Å²) in [5, 5.41) is 6.98. The minimum absolute atomic E-state index is 0.184. The van der Waals surface area contributed by atoms with Crippen LogP contribution in [0.4, 0.5) is 11.4 Å². The van der Waals surface area contributed by atoms with Crippen LogP contribution in [0.5, 0.6) is 0 Å². The van der Waals surface area contributed by atoms with Crippen LogP contribution in [0.1, 0.15) is 12.5 Å². The van der Waals surface area contributed by atoms with Gasteiger partial charge in [-0.05, 0) is 43.8 Å². The monoisotopic (exact) mass is 281 g/mol. The number of aryl methyl sites for hydroxylation is 1. The molecule has 1 aromatic rings. The second kappa shape index (κ2) is 7.31. The number of hydrogen-bond acceptors (Lipinski definition) is 3. The van der Waals surface area contributed by atoms with Crippen LogP contribution in [0.15, 0.2) is 18.2 Å². The van der Waals surface area contributed by atoms with Gasteiger partial charge in [0.15, 0.2) is 5.11 Å². The molecule has 1 rings (SSSR count). The van der Waals surface area contributed by atoms with E-state index in [1.54, 1.807) is 7.11 Å². The van der Waals surface area contributed by atoms with Crippen molar-refractivity contribution in [2.75, 3.05) is 38.0 Å². The molecule has 0 aromatic heterocycles. The summed E-state index contributed by atoms with van der Waals surface area (Å²) in [6.07, 6.45) is 0. The van der Waals surface area contributed by atoms with Gasteiger partial charge in [0.2, 0.25) is 0 Å². The van der Waals surface area contributed by atoms with Gasteiger partial charge in [0.05, 0.1) is 6.61 Å². The largest absolute Gasteiger partial charge is 0.383 e. The average molecular weight is 281 g/mol. The van der Waals surface area contributed by atoms with Gasteiger partial charge in [-0.1, -0.05) is 6.07 Å². The highest BCUT2D eigenvalue weighted by Gasteiger charge is 2.06. The van der Waals surface area contributed by atoms with Crippen molar-refractivity contribution in [3.63, 3.8) is 0 Å². The fourth-order valence-corrected chi connectivity index (χ4v) is 2.17. The van der Waals surface area contributed by atoms with E-state index in [-0.39, 0.29) is 6.04 Å². The van der Waals surface area contributed by atoms with E-state index in [0.29, 0.717) is 11.7 Å². The molecule has 0 fully saturated rings. The van der Waals surface area contributed by atoms with E-state index in [0.717, 1.165) is 5.69 Å². The molecule has 4 nitrogen and oxygen atoms in total. The molecule has 19 heavy (non-hydrogen) atoms. The zero-order valence-corrected chi connectivity index (χ0v) is 13.1. The molecule has 0 saturated heterocycles. The maximum absolute atomic E-state index is 5.28. The Balaban J connectivity index is 2.67. The Hall–Kier alpha value is -1.33. The lowest BCUT2D eigenvalue weighted by atomic mass is 10.1. The molecule has 0 spiro atoms. The third-order valence-corrected chi connectivity index (χ3v) is 2.96. The lowest BCUT2D eigenvalue weighted by molar-refractivity contribution is 0.179. The van der Waals surface area contributed by atoms with Crippen molar-refractivity contribution in [1.29, 1.82) is 0 Å². The second-order valence-electron chi connectivity index (χ2n) is 4.85. The third-order valence-electron chi connectivity index (χ3n) is 2.74. The summed E-state index contributed by atoms with van der Waals surface area (Å²) < 4.78 is 5.06. The van der Waals surface area contributed by atoms with Crippen LogP contribution in [-0.2, 0) is 4.74 Å². The fraction of sp³-hybridized carbons (Fsp3) is 0.500. The van der Waals surface area contributed by atoms with E-state index in [1.165, 1.54) is 11.3 Å². The molecule has 0 aliphatic heterocycles. The number of ether oxygens (including phenoxy) is 1. The van der Waals surface area contributed by atoms with Crippen molar-refractivity contribution in [3.8, 4) is 0 Å². The van der Waals surface area contributed by atoms with Gasteiger partial charge in [-0.2, -0.15) is 0 Å². The van der Waals surface area contributed by atoms with E-state index in [4.69, 9.17) is 17.0 Å². The number of nitrogens with one attached hydrogen (secondary N) is 2. The first-order chi connectivity index (χ1) is 8.93. The second-order valence-corrected chi connectivity index (χ2v) is 5.26. The quantitative estimate of drug-likeness (QED) is 0.811. The highest BCUT2D eigenvalue weighted by molar-refractivity contribution is 7.80. The highest BCUT2D eigenvalue weighted by Crippen LogP contribution is 2.22. The molecule has 1 unspecified atom stereocenters. The molecule has 0 saturated carbocycles. The summed E-state index contributed by atoms with van der Waals surface area (Å²) in [6, 6.07) is 6.38. The van der Waals surface area contributed by atoms with Crippen LogP contribution in [-0.4, -0.2) is 39.0 Å². The molecule has 0 bridgehead atoms. The minimum atomic E-state index is 0.184. The van der Waals surface area contributed by atoms with Crippen LogP contribution in [0, 0.1) is 6.92 Å². The standard InChI is InChI=1S/C14H23N3OS/c1-10-6-7-12(8-13(10)17(3)4)16-14(19)15-11(2)9-18-5/h6-8,11H,9H2,1-5H3,(H2,15,16,19). The maximum atomic E-state index is 5.28. The summed E-state index contributed by atoms with van der Waals surface area (Å²) >= 11 is 5.28. The highest BCUT2D eigenvalue weighted by atomic mass is 32.1. The average Bonchev–Trinajstić information content (AvgIpc) is 2.31. The van der Waals surface area contributed by atoms with Crippen molar-refractivity contribution in [2.45, 2.75) is 19.9 Å². The molecule has 0 heterocycles. The van der Waals surface area contributed by atoms with Gasteiger partial charge in [-0.25, -0.2) is 0 Å². The predicted molar refractivity (Wildman–Crippen MR) is 86.2 cm³/mol. The van der Waals surface area contributed by atoms with E-state index >= 15 is 0 Å². The first-order valence-corrected chi connectivity index (χ1v) is 6.69. The van der Waals surface area contributed by atoms with E-state index < -0.39 is 0 Å². The first kappa shape index (κ1) is 15.7. The number of nitrogens with zero attached hydrogens (tertiary/aromatic N) is 1. The summed E-state index contributed by atoms with van der Waals surface area (Å²) in [5.41, 5.74) is 3.40. The van der Waals surface area contributed by atoms with Gasteiger partial charge < -0.3 is 20.3 Å². The topological polar surface area (TPSA) is 36.5 Å². The number of thiocarbonyl (C=S) groups is 1. The summed E-state index contributed by atoms with van der Waals surface area (Å²) in [7, 11) is 5.74. The van der Waals surface area contributed by atoms with Gasteiger partial charge in [-0.15, -0.1) is 0 Å². The summed E-state index contributed by atoms with van der Waals surface area (Å²) in [5.74, 6) is 0. The molecule has 106 valence electrons. The Morgan fingerprint density at radius 1 is 1.42 bits per heavy atom.